The second-order valence-electron chi connectivity index (χ2n) is 5.10. The van der Waals surface area contributed by atoms with Crippen LogP contribution in [0.25, 0.3) is 0 Å². The molecule has 2 aliphatic heterocycles. The molecule has 1 unspecified atom stereocenters. The van der Waals surface area contributed by atoms with Crippen LogP contribution in [0.5, 0.6) is 0 Å². The lowest BCUT2D eigenvalue weighted by molar-refractivity contribution is -0.139. The highest BCUT2D eigenvalue weighted by molar-refractivity contribution is 7.98. The second-order valence-corrected chi connectivity index (χ2v) is 6.09. The van der Waals surface area contributed by atoms with Crippen molar-refractivity contribution in [3.8, 4) is 0 Å². The number of urea groups is 2. The van der Waals surface area contributed by atoms with E-state index in [1.54, 1.807) is 21.6 Å². The SMILES string of the molecule is CSCC[C@@H](NC(=O)N1CCN2C(=O)NCC2C1)C(=O)O. The number of nitrogens with zero attached hydrogens (tertiary/aromatic N) is 2. The topological polar surface area (TPSA) is 102 Å². The highest BCUT2D eigenvalue weighted by Crippen LogP contribution is 2.14. The number of piperazine rings is 1. The average molecular weight is 316 g/mol. The number of nitrogens with one attached hydrogen (secondary N) is 2. The number of fused-ring (bicyclic) bond motifs is 1. The summed E-state index contributed by atoms with van der Waals surface area (Å²) in [7, 11) is 0. The molecule has 2 heterocycles. The van der Waals surface area contributed by atoms with E-state index in [1.807, 2.05) is 6.26 Å². The molecule has 2 atom stereocenters. The van der Waals surface area contributed by atoms with E-state index in [4.69, 9.17) is 5.11 Å². The summed E-state index contributed by atoms with van der Waals surface area (Å²) in [6.45, 7) is 1.86. The molecule has 8 nitrogen and oxygen atoms in total. The fourth-order valence-corrected chi connectivity index (χ4v) is 2.99. The third-order valence-corrected chi connectivity index (χ3v) is 4.37. The number of aliphatic carboxylic acids is 1. The summed E-state index contributed by atoms with van der Waals surface area (Å²) in [5.74, 6) is -0.347. The van der Waals surface area contributed by atoms with E-state index in [9.17, 15) is 14.4 Å². The number of hydrogen-bond donors (Lipinski definition) is 3. The summed E-state index contributed by atoms with van der Waals surface area (Å²) in [5.41, 5.74) is 0. The summed E-state index contributed by atoms with van der Waals surface area (Å²) < 4.78 is 0. The highest BCUT2D eigenvalue weighted by atomic mass is 32.2. The van der Waals surface area contributed by atoms with E-state index >= 15 is 0 Å². The largest absolute Gasteiger partial charge is 0.480 e. The Balaban J connectivity index is 1.88. The Labute approximate surface area is 127 Å². The van der Waals surface area contributed by atoms with Gasteiger partial charge in [-0.2, -0.15) is 11.8 Å². The van der Waals surface area contributed by atoms with Gasteiger partial charge in [-0.25, -0.2) is 14.4 Å². The zero-order valence-electron chi connectivity index (χ0n) is 11.9. The summed E-state index contributed by atoms with van der Waals surface area (Å²) in [6, 6.07) is -1.36. The van der Waals surface area contributed by atoms with Crippen molar-refractivity contribution in [3.63, 3.8) is 0 Å². The van der Waals surface area contributed by atoms with Gasteiger partial charge < -0.3 is 25.5 Å². The van der Waals surface area contributed by atoms with E-state index in [2.05, 4.69) is 10.6 Å². The molecule has 0 bridgehead atoms. The molecule has 0 aromatic heterocycles. The van der Waals surface area contributed by atoms with Crippen molar-refractivity contribution in [1.29, 1.82) is 0 Å². The van der Waals surface area contributed by atoms with Crippen LogP contribution in [0, 0.1) is 0 Å². The molecule has 0 aliphatic carbocycles. The van der Waals surface area contributed by atoms with Gasteiger partial charge in [0.1, 0.15) is 6.04 Å². The quantitative estimate of drug-likeness (QED) is 0.641. The van der Waals surface area contributed by atoms with E-state index in [0.29, 0.717) is 38.4 Å². The van der Waals surface area contributed by atoms with Gasteiger partial charge in [-0.05, 0) is 18.4 Å². The van der Waals surface area contributed by atoms with Crippen molar-refractivity contribution in [2.24, 2.45) is 0 Å². The van der Waals surface area contributed by atoms with Crippen molar-refractivity contribution >= 4 is 29.8 Å². The molecule has 2 rings (SSSR count). The molecule has 3 N–H and O–H groups in total. The third-order valence-electron chi connectivity index (χ3n) is 3.73. The zero-order chi connectivity index (χ0) is 15.4. The molecule has 2 fully saturated rings. The fraction of sp³-hybridized carbons (Fsp3) is 0.750. The van der Waals surface area contributed by atoms with Crippen molar-refractivity contribution in [2.75, 3.05) is 38.2 Å². The van der Waals surface area contributed by atoms with Crippen LogP contribution in [-0.2, 0) is 4.79 Å². The van der Waals surface area contributed by atoms with Crippen LogP contribution in [0.2, 0.25) is 0 Å². The summed E-state index contributed by atoms with van der Waals surface area (Å²) in [5, 5.41) is 14.4. The normalized spacial score (nSPS) is 22.5. The van der Waals surface area contributed by atoms with Gasteiger partial charge in [-0.3, -0.25) is 0 Å². The van der Waals surface area contributed by atoms with Crippen LogP contribution in [-0.4, -0.2) is 83.2 Å². The van der Waals surface area contributed by atoms with Gasteiger partial charge in [-0.15, -0.1) is 0 Å². The van der Waals surface area contributed by atoms with E-state index in [1.165, 1.54) is 0 Å². The van der Waals surface area contributed by atoms with Gasteiger partial charge in [0, 0.05) is 26.2 Å². The Hall–Kier alpha value is -1.64. The molecule has 0 saturated carbocycles. The van der Waals surface area contributed by atoms with Crippen LogP contribution in [0.3, 0.4) is 0 Å². The van der Waals surface area contributed by atoms with Crippen LogP contribution in [0.4, 0.5) is 9.59 Å². The van der Waals surface area contributed by atoms with Crippen molar-refractivity contribution < 1.29 is 19.5 Å². The van der Waals surface area contributed by atoms with Crippen molar-refractivity contribution in [2.45, 2.75) is 18.5 Å². The Bertz CT molecular complexity index is 433. The molecule has 21 heavy (non-hydrogen) atoms. The molecule has 0 radical (unpaired) electrons. The molecule has 0 aromatic rings. The highest BCUT2D eigenvalue weighted by Gasteiger charge is 2.37. The molecular formula is C12H20N4O4S. The van der Waals surface area contributed by atoms with Gasteiger partial charge in [0.15, 0.2) is 0 Å². The van der Waals surface area contributed by atoms with Gasteiger partial charge in [0.2, 0.25) is 0 Å². The molecular weight excluding hydrogens is 296 g/mol. The first-order valence-corrected chi connectivity index (χ1v) is 8.24. The van der Waals surface area contributed by atoms with Crippen molar-refractivity contribution in [1.82, 2.24) is 20.4 Å². The first-order chi connectivity index (χ1) is 10.0. The van der Waals surface area contributed by atoms with Crippen LogP contribution in [0.1, 0.15) is 6.42 Å². The molecule has 0 aromatic carbocycles. The molecule has 118 valence electrons. The maximum atomic E-state index is 12.2. The van der Waals surface area contributed by atoms with E-state index in [-0.39, 0.29) is 18.1 Å². The predicted octanol–water partition coefficient (Wildman–Crippen LogP) is -0.388. The number of thioether (sulfide) groups is 1. The third kappa shape index (κ3) is 3.72. The van der Waals surface area contributed by atoms with E-state index in [0.717, 1.165) is 0 Å². The minimum atomic E-state index is -1.02. The van der Waals surface area contributed by atoms with Gasteiger partial charge >= 0.3 is 18.0 Å². The fourth-order valence-electron chi connectivity index (χ4n) is 2.52. The summed E-state index contributed by atoms with van der Waals surface area (Å²) in [6.07, 6.45) is 2.29. The van der Waals surface area contributed by atoms with Gasteiger partial charge in [0.25, 0.3) is 0 Å². The first-order valence-electron chi connectivity index (χ1n) is 6.84. The number of carboxylic acid groups (broad SMARTS) is 1. The Morgan fingerprint density at radius 3 is 2.95 bits per heavy atom. The number of hydrogen-bond acceptors (Lipinski definition) is 4. The van der Waals surface area contributed by atoms with Crippen LogP contribution >= 0.6 is 11.8 Å². The monoisotopic (exact) mass is 316 g/mol. The number of carboxylic acids is 1. The van der Waals surface area contributed by atoms with Gasteiger partial charge in [-0.1, -0.05) is 0 Å². The molecule has 2 aliphatic rings. The Kier molecular flexibility index (Phi) is 5.16. The summed E-state index contributed by atoms with van der Waals surface area (Å²) >= 11 is 1.54. The first kappa shape index (κ1) is 15.7. The Morgan fingerprint density at radius 2 is 2.29 bits per heavy atom. The minimum absolute atomic E-state index is 0.0218. The lowest BCUT2D eigenvalue weighted by Crippen LogP contribution is -2.57. The number of carbonyl (C=O) groups excluding carboxylic acids is 2. The predicted molar refractivity (Wildman–Crippen MR) is 78.4 cm³/mol. The standard InChI is InChI=1S/C12H20N4O4S/c1-21-5-2-9(10(17)18)14-12(20)15-3-4-16-8(7-15)6-13-11(16)19/h8-9H,2-7H2,1H3,(H,13,19)(H,14,20)(H,17,18)/t8?,9-/m1/s1. The second kappa shape index (κ2) is 6.88. The van der Waals surface area contributed by atoms with Gasteiger partial charge in [0.05, 0.1) is 6.04 Å². The molecule has 0 spiro atoms. The lowest BCUT2D eigenvalue weighted by atomic mass is 10.2. The maximum absolute atomic E-state index is 12.2. The molecule has 9 heteroatoms. The molecule has 2 saturated heterocycles. The zero-order valence-corrected chi connectivity index (χ0v) is 12.7. The summed E-state index contributed by atoms with van der Waals surface area (Å²) in [4.78, 5) is 38.1. The maximum Gasteiger partial charge on any atom is 0.326 e. The van der Waals surface area contributed by atoms with Crippen LogP contribution in [0.15, 0.2) is 0 Å². The number of amides is 4. The van der Waals surface area contributed by atoms with E-state index < -0.39 is 12.0 Å². The number of carbonyl (C=O) groups is 3. The van der Waals surface area contributed by atoms with Crippen molar-refractivity contribution in [3.05, 3.63) is 0 Å². The minimum Gasteiger partial charge on any atom is -0.480 e. The molecule has 4 amide bonds. The van der Waals surface area contributed by atoms with Crippen LogP contribution < -0.4 is 10.6 Å². The Morgan fingerprint density at radius 1 is 1.52 bits per heavy atom. The smallest absolute Gasteiger partial charge is 0.326 e. The average Bonchev–Trinajstić information content (AvgIpc) is 2.84. The number of rotatable bonds is 5. The lowest BCUT2D eigenvalue weighted by Gasteiger charge is -2.36.